The third-order valence-corrected chi connectivity index (χ3v) is 5.03. The maximum Gasteiger partial charge on any atom is 0.215 e. The zero-order valence-corrected chi connectivity index (χ0v) is 12.3. The summed E-state index contributed by atoms with van der Waals surface area (Å²) in [4.78, 5) is 10.8. The molecule has 5 rings (SSSR count). The summed E-state index contributed by atoms with van der Waals surface area (Å²) in [6.45, 7) is 2.40. The molecule has 21 heavy (non-hydrogen) atoms. The molecule has 0 bridgehead atoms. The minimum Gasteiger partial charge on any atom is -0.474 e. The fourth-order valence-electron chi connectivity index (χ4n) is 3.53. The topological polar surface area (TPSA) is 41.1 Å². The highest BCUT2D eigenvalue weighted by Gasteiger charge is 2.30. The van der Waals surface area contributed by atoms with Crippen molar-refractivity contribution in [2.24, 2.45) is 0 Å². The van der Waals surface area contributed by atoms with Gasteiger partial charge in [0.25, 0.3) is 0 Å². The molecule has 3 aliphatic rings. The van der Waals surface area contributed by atoms with Gasteiger partial charge in [-0.15, -0.1) is 0 Å². The normalized spacial score (nSPS) is 23.0. The van der Waals surface area contributed by atoms with Crippen molar-refractivity contribution in [3.8, 4) is 5.88 Å². The van der Waals surface area contributed by atoms with Crippen molar-refractivity contribution in [2.45, 2.75) is 50.7 Å². The van der Waals surface area contributed by atoms with E-state index in [4.69, 9.17) is 4.74 Å². The number of nitrogens with one attached hydrogen (secondary N) is 1. The van der Waals surface area contributed by atoms with Crippen LogP contribution in [0.4, 0.5) is 0 Å². The van der Waals surface area contributed by atoms with Gasteiger partial charge in [0.1, 0.15) is 6.10 Å². The molecule has 0 aromatic carbocycles. The van der Waals surface area contributed by atoms with Crippen LogP contribution in [0.5, 0.6) is 5.88 Å². The zero-order valence-electron chi connectivity index (χ0n) is 12.3. The second-order valence-electron chi connectivity index (χ2n) is 6.73. The van der Waals surface area contributed by atoms with Crippen molar-refractivity contribution < 1.29 is 4.74 Å². The molecule has 2 fully saturated rings. The van der Waals surface area contributed by atoms with Crippen LogP contribution in [0.25, 0.3) is 10.9 Å². The molecule has 0 saturated heterocycles. The molecule has 2 aliphatic carbocycles. The lowest BCUT2D eigenvalue weighted by molar-refractivity contribution is 0.277. The molecule has 110 valence electrons. The standard InChI is InChI=1S/C17H21N3O/c1-2-11(1)20-7-5-13-14-10-18-17(21-12-3-4-12)9-16(14)19-15(13)6-8-20/h9-12,19H,1-8H2. The summed E-state index contributed by atoms with van der Waals surface area (Å²) in [5.41, 5.74) is 4.10. The molecule has 0 spiro atoms. The molecule has 0 atom stereocenters. The SMILES string of the molecule is c1c(OC2CC2)ncc2c3c([nH]c12)CCN(C1CC1)CC3. The minimum atomic E-state index is 0.412. The van der Waals surface area contributed by atoms with Crippen molar-refractivity contribution in [2.75, 3.05) is 13.1 Å². The molecule has 0 radical (unpaired) electrons. The summed E-state index contributed by atoms with van der Waals surface area (Å²) in [5.74, 6) is 0.779. The molecule has 4 heteroatoms. The van der Waals surface area contributed by atoms with E-state index >= 15 is 0 Å². The van der Waals surface area contributed by atoms with Gasteiger partial charge in [-0.05, 0) is 37.7 Å². The maximum atomic E-state index is 5.81. The second-order valence-corrected chi connectivity index (χ2v) is 6.73. The van der Waals surface area contributed by atoms with Crippen molar-refractivity contribution in [1.29, 1.82) is 0 Å². The monoisotopic (exact) mass is 283 g/mol. The first-order valence-electron chi connectivity index (χ1n) is 8.27. The first kappa shape index (κ1) is 12.0. The van der Waals surface area contributed by atoms with E-state index in [0.717, 1.165) is 24.8 Å². The summed E-state index contributed by atoms with van der Waals surface area (Å²) in [7, 11) is 0. The number of H-pyrrole nitrogens is 1. The summed E-state index contributed by atoms with van der Waals surface area (Å²) in [5, 5.41) is 1.30. The summed E-state index contributed by atoms with van der Waals surface area (Å²) < 4.78 is 5.81. The number of rotatable bonds is 3. The highest BCUT2D eigenvalue weighted by atomic mass is 16.5. The van der Waals surface area contributed by atoms with E-state index in [0.29, 0.717) is 6.10 Å². The average molecular weight is 283 g/mol. The lowest BCUT2D eigenvalue weighted by Gasteiger charge is -2.18. The Morgan fingerprint density at radius 3 is 2.81 bits per heavy atom. The van der Waals surface area contributed by atoms with Gasteiger partial charge in [0, 0.05) is 48.9 Å². The van der Waals surface area contributed by atoms with Gasteiger partial charge in [0.05, 0.1) is 5.52 Å². The van der Waals surface area contributed by atoms with Crippen molar-refractivity contribution in [1.82, 2.24) is 14.9 Å². The molecule has 2 aromatic heterocycles. The first-order chi connectivity index (χ1) is 10.4. The van der Waals surface area contributed by atoms with Crippen molar-refractivity contribution >= 4 is 10.9 Å². The van der Waals surface area contributed by atoms with E-state index in [2.05, 4.69) is 20.9 Å². The van der Waals surface area contributed by atoms with E-state index in [9.17, 15) is 0 Å². The summed E-state index contributed by atoms with van der Waals surface area (Å²) >= 11 is 0. The Bertz CT molecular complexity index is 685. The zero-order chi connectivity index (χ0) is 13.8. The quantitative estimate of drug-likeness (QED) is 0.941. The molecule has 1 aliphatic heterocycles. The maximum absolute atomic E-state index is 5.81. The highest BCUT2D eigenvalue weighted by molar-refractivity contribution is 5.84. The third kappa shape index (κ3) is 2.22. The van der Waals surface area contributed by atoms with Gasteiger partial charge in [-0.2, -0.15) is 0 Å². The second kappa shape index (κ2) is 4.47. The smallest absolute Gasteiger partial charge is 0.215 e. The van der Waals surface area contributed by atoms with Crippen LogP contribution in [0.1, 0.15) is 36.9 Å². The molecular weight excluding hydrogens is 262 g/mol. The minimum absolute atomic E-state index is 0.412. The van der Waals surface area contributed by atoms with Crippen molar-refractivity contribution in [3.63, 3.8) is 0 Å². The van der Waals surface area contributed by atoms with Gasteiger partial charge in [-0.1, -0.05) is 0 Å². The molecule has 0 amide bonds. The number of fused-ring (bicyclic) bond motifs is 3. The predicted molar refractivity (Wildman–Crippen MR) is 81.7 cm³/mol. The number of hydrogen-bond donors (Lipinski definition) is 1. The summed E-state index contributed by atoms with van der Waals surface area (Å²) in [6.07, 6.45) is 9.87. The number of aromatic amines is 1. The van der Waals surface area contributed by atoms with Gasteiger partial charge in [-0.25, -0.2) is 4.98 Å². The van der Waals surface area contributed by atoms with Crippen LogP contribution >= 0.6 is 0 Å². The number of nitrogens with zero attached hydrogens (tertiary/aromatic N) is 2. The molecular formula is C17H21N3O. The third-order valence-electron chi connectivity index (χ3n) is 5.03. The number of ether oxygens (including phenoxy) is 1. The molecule has 4 nitrogen and oxygen atoms in total. The average Bonchev–Trinajstić information content (AvgIpc) is 3.34. The molecule has 2 saturated carbocycles. The van der Waals surface area contributed by atoms with E-state index in [1.165, 1.54) is 60.9 Å². The van der Waals surface area contributed by atoms with Gasteiger partial charge in [0.2, 0.25) is 5.88 Å². The predicted octanol–water partition coefficient (Wildman–Crippen LogP) is 2.67. The Balaban J connectivity index is 1.45. The largest absolute Gasteiger partial charge is 0.474 e. The lowest BCUT2D eigenvalue weighted by Crippen LogP contribution is -2.28. The Morgan fingerprint density at radius 2 is 2.00 bits per heavy atom. The Kier molecular flexibility index (Phi) is 2.56. The molecule has 0 unspecified atom stereocenters. The van der Waals surface area contributed by atoms with Crippen LogP contribution in [-0.4, -0.2) is 40.1 Å². The molecule has 3 heterocycles. The van der Waals surface area contributed by atoms with Gasteiger partial charge >= 0.3 is 0 Å². The molecule has 1 N–H and O–H groups in total. The Hall–Kier alpha value is -1.55. The van der Waals surface area contributed by atoms with Gasteiger partial charge < -0.3 is 9.72 Å². The number of aromatic nitrogens is 2. The lowest BCUT2D eigenvalue weighted by atomic mass is 10.1. The highest BCUT2D eigenvalue weighted by Crippen LogP contribution is 2.33. The fourth-order valence-corrected chi connectivity index (χ4v) is 3.53. The van der Waals surface area contributed by atoms with E-state index in [-0.39, 0.29) is 0 Å². The van der Waals surface area contributed by atoms with Crippen molar-refractivity contribution in [3.05, 3.63) is 23.5 Å². The van der Waals surface area contributed by atoms with Crippen LogP contribution in [0.2, 0.25) is 0 Å². The number of pyridine rings is 1. The van der Waals surface area contributed by atoms with Crippen LogP contribution in [0, 0.1) is 0 Å². The fraction of sp³-hybridized carbons (Fsp3) is 0.588. The van der Waals surface area contributed by atoms with Gasteiger partial charge in [-0.3, -0.25) is 4.90 Å². The Morgan fingerprint density at radius 1 is 1.14 bits per heavy atom. The Labute approximate surface area is 124 Å². The first-order valence-corrected chi connectivity index (χ1v) is 8.27. The molecule has 2 aromatic rings. The van der Waals surface area contributed by atoms with E-state index < -0.39 is 0 Å². The number of hydrogen-bond acceptors (Lipinski definition) is 3. The summed E-state index contributed by atoms with van der Waals surface area (Å²) in [6, 6.07) is 2.96. The van der Waals surface area contributed by atoms with E-state index in [1.807, 2.05) is 6.20 Å². The van der Waals surface area contributed by atoms with Crippen LogP contribution < -0.4 is 4.74 Å². The van der Waals surface area contributed by atoms with Crippen LogP contribution in [-0.2, 0) is 12.8 Å². The van der Waals surface area contributed by atoms with Gasteiger partial charge in [0.15, 0.2) is 0 Å². The van der Waals surface area contributed by atoms with Crippen LogP contribution in [0.3, 0.4) is 0 Å². The van der Waals surface area contributed by atoms with Crippen LogP contribution in [0.15, 0.2) is 12.3 Å². The van der Waals surface area contributed by atoms with E-state index in [1.54, 1.807) is 0 Å².